The maximum atomic E-state index is 12.9. The second-order valence-electron chi connectivity index (χ2n) is 7.71. The van der Waals surface area contributed by atoms with Gasteiger partial charge in [0, 0.05) is 6.04 Å². The van der Waals surface area contributed by atoms with Crippen LogP contribution in [0.4, 0.5) is 11.4 Å². The van der Waals surface area contributed by atoms with Crippen LogP contribution in [0.5, 0.6) is 5.75 Å². The highest BCUT2D eigenvalue weighted by Crippen LogP contribution is 2.30. The van der Waals surface area contributed by atoms with Gasteiger partial charge in [-0.2, -0.15) is 0 Å². The molecule has 0 aliphatic heterocycles. The maximum Gasteiger partial charge on any atom is 0.261 e. The average molecular weight is 538 g/mol. The van der Waals surface area contributed by atoms with E-state index >= 15 is 0 Å². The number of hydrogen-bond acceptors (Lipinski definition) is 6. The molecule has 0 saturated heterocycles. The Kier molecular flexibility index (Phi) is 8.06. The van der Waals surface area contributed by atoms with Gasteiger partial charge in [-0.05, 0) is 62.4 Å². The smallest absolute Gasteiger partial charge is 0.261 e. The highest BCUT2D eigenvalue weighted by Gasteiger charge is 2.20. The number of anilines is 2. The first kappa shape index (κ1) is 26.5. The summed E-state index contributed by atoms with van der Waals surface area (Å²) in [5.41, 5.74) is 0.333. The van der Waals surface area contributed by atoms with Crippen molar-refractivity contribution in [2.45, 2.75) is 29.7 Å². The molecule has 0 aromatic heterocycles. The fourth-order valence-electron chi connectivity index (χ4n) is 3.10. The normalized spacial score (nSPS) is 11.8. The van der Waals surface area contributed by atoms with Gasteiger partial charge in [0.15, 0.2) is 0 Å². The van der Waals surface area contributed by atoms with Gasteiger partial charge in [-0.3, -0.25) is 9.52 Å². The van der Waals surface area contributed by atoms with Crippen LogP contribution in [0.1, 0.15) is 24.2 Å². The van der Waals surface area contributed by atoms with Gasteiger partial charge in [-0.25, -0.2) is 21.6 Å². The summed E-state index contributed by atoms with van der Waals surface area (Å²) in [5, 5.41) is 2.58. The second-order valence-corrected chi connectivity index (χ2v) is 11.5. The average Bonchev–Trinajstić information content (AvgIpc) is 2.78. The lowest BCUT2D eigenvalue weighted by Crippen LogP contribution is -2.30. The minimum Gasteiger partial charge on any atom is -0.495 e. The number of hydrogen-bond donors (Lipinski definition) is 3. The molecule has 9 nitrogen and oxygen atoms in total. The van der Waals surface area contributed by atoms with Gasteiger partial charge in [0.2, 0.25) is 10.0 Å². The van der Waals surface area contributed by atoms with Crippen LogP contribution in [0.25, 0.3) is 0 Å². The van der Waals surface area contributed by atoms with Crippen LogP contribution in [0.15, 0.2) is 76.5 Å². The molecule has 0 radical (unpaired) electrons. The van der Waals surface area contributed by atoms with E-state index < -0.39 is 26.0 Å². The Morgan fingerprint density at radius 1 is 0.886 bits per heavy atom. The monoisotopic (exact) mass is 537 g/mol. The zero-order valence-corrected chi connectivity index (χ0v) is 21.5. The summed E-state index contributed by atoms with van der Waals surface area (Å²) in [6, 6.07) is 15.6. The fourth-order valence-corrected chi connectivity index (χ4v) is 5.71. The van der Waals surface area contributed by atoms with Crippen molar-refractivity contribution >= 4 is 48.9 Å². The van der Waals surface area contributed by atoms with E-state index in [0.717, 1.165) is 0 Å². The van der Waals surface area contributed by atoms with Gasteiger partial charge in [-0.15, -0.1) is 0 Å². The summed E-state index contributed by atoms with van der Waals surface area (Å²) in [6.45, 7) is 3.38. The molecule has 3 N–H and O–H groups in total. The number of carbonyl (C=O) groups excluding carboxylic acids is 1. The lowest BCUT2D eigenvalue weighted by Gasteiger charge is -2.15. The molecular formula is C23H24ClN3O6S2. The molecule has 35 heavy (non-hydrogen) atoms. The maximum absolute atomic E-state index is 12.9. The highest BCUT2D eigenvalue weighted by molar-refractivity contribution is 7.92. The molecule has 0 atom stereocenters. The number of methoxy groups -OCH3 is 1. The molecule has 3 aromatic carbocycles. The first-order valence-corrected chi connectivity index (χ1v) is 13.7. The molecule has 0 bridgehead atoms. The molecule has 0 fully saturated rings. The Bertz CT molecular complexity index is 1440. The molecular weight excluding hydrogens is 514 g/mol. The predicted octanol–water partition coefficient (Wildman–Crippen LogP) is 4.09. The summed E-state index contributed by atoms with van der Waals surface area (Å²) in [5.74, 6) is -0.401. The van der Waals surface area contributed by atoms with Crippen molar-refractivity contribution < 1.29 is 26.4 Å². The Hall–Kier alpha value is -3.12. The lowest BCUT2D eigenvalue weighted by molar-refractivity contribution is 0.102. The number of nitrogens with one attached hydrogen (secondary N) is 3. The zero-order valence-electron chi connectivity index (χ0n) is 19.1. The Balaban J connectivity index is 1.85. The minimum atomic E-state index is -3.84. The molecule has 1 amide bonds. The third-order valence-electron chi connectivity index (χ3n) is 4.64. The SMILES string of the molecule is COc1ccc(S(=O)(=O)NC(C)C)cc1NC(=O)c1ccc(NS(=O)(=O)c2ccccc2)cc1Cl. The second kappa shape index (κ2) is 10.6. The summed E-state index contributed by atoms with van der Waals surface area (Å²) < 4.78 is 60.2. The molecule has 0 saturated carbocycles. The number of benzene rings is 3. The topological polar surface area (TPSA) is 131 Å². The molecule has 3 aromatic rings. The van der Waals surface area contributed by atoms with E-state index in [1.807, 2.05) is 0 Å². The zero-order chi connectivity index (χ0) is 25.8. The molecule has 0 spiro atoms. The van der Waals surface area contributed by atoms with Crippen LogP contribution < -0.4 is 19.5 Å². The van der Waals surface area contributed by atoms with E-state index in [9.17, 15) is 21.6 Å². The third kappa shape index (κ3) is 6.51. The summed E-state index contributed by atoms with van der Waals surface area (Å²) in [4.78, 5) is 12.9. The van der Waals surface area contributed by atoms with Gasteiger partial charge in [0.25, 0.3) is 15.9 Å². The number of halogens is 1. The van der Waals surface area contributed by atoms with E-state index in [2.05, 4.69) is 14.8 Å². The van der Waals surface area contributed by atoms with Crippen molar-refractivity contribution in [3.63, 3.8) is 0 Å². The van der Waals surface area contributed by atoms with E-state index in [1.165, 1.54) is 55.6 Å². The molecule has 0 heterocycles. The Morgan fingerprint density at radius 2 is 1.57 bits per heavy atom. The van der Waals surface area contributed by atoms with E-state index in [1.54, 1.807) is 32.0 Å². The van der Waals surface area contributed by atoms with Gasteiger partial charge < -0.3 is 10.1 Å². The van der Waals surface area contributed by atoms with E-state index in [-0.39, 0.29) is 43.5 Å². The predicted molar refractivity (Wildman–Crippen MR) is 135 cm³/mol. The van der Waals surface area contributed by atoms with Crippen molar-refractivity contribution in [3.05, 3.63) is 77.3 Å². The number of ether oxygens (including phenoxy) is 1. The quantitative estimate of drug-likeness (QED) is 0.377. The summed E-state index contributed by atoms with van der Waals surface area (Å²) in [6.07, 6.45) is 0. The van der Waals surface area contributed by atoms with Crippen LogP contribution in [0, 0.1) is 0 Å². The lowest BCUT2D eigenvalue weighted by atomic mass is 10.2. The molecule has 0 unspecified atom stereocenters. The Morgan fingerprint density at radius 3 is 2.17 bits per heavy atom. The van der Waals surface area contributed by atoms with Crippen molar-refractivity contribution in [2.75, 3.05) is 17.1 Å². The molecule has 186 valence electrons. The van der Waals surface area contributed by atoms with Gasteiger partial charge in [0.1, 0.15) is 5.75 Å². The van der Waals surface area contributed by atoms with Gasteiger partial charge in [0.05, 0.1) is 38.9 Å². The molecule has 0 aliphatic carbocycles. The minimum absolute atomic E-state index is 0.0139. The van der Waals surface area contributed by atoms with Crippen LogP contribution >= 0.6 is 11.6 Å². The number of rotatable bonds is 9. The van der Waals surface area contributed by atoms with Crippen molar-refractivity contribution in [2.24, 2.45) is 0 Å². The van der Waals surface area contributed by atoms with Gasteiger partial charge >= 0.3 is 0 Å². The van der Waals surface area contributed by atoms with Crippen LogP contribution in [0.2, 0.25) is 5.02 Å². The Labute approximate surface area is 209 Å². The van der Waals surface area contributed by atoms with Crippen molar-refractivity contribution in [1.29, 1.82) is 0 Å². The van der Waals surface area contributed by atoms with Crippen LogP contribution in [-0.2, 0) is 20.0 Å². The first-order valence-electron chi connectivity index (χ1n) is 10.3. The van der Waals surface area contributed by atoms with Crippen molar-refractivity contribution in [1.82, 2.24) is 4.72 Å². The van der Waals surface area contributed by atoms with Crippen molar-refractivity contribution in [3.8, 4) is 5.75 Å². The fraction of sp³-hybridized carbons (Fsp3) is 0.174. The molecule has 3 rings (SSSR count). The van der Waals surface area contributed by atoms with Crippen LogP contribution in [0.3, 0.4) is 0 Å². The van der Waals surface area contributed by atoms with Gasteiger partial charge in [-0.1, -0.05) is 29.8 Å². The molecule has 0 aliphatic rings. The third-order valence-corrected chi connectivity index (χ3v) is 8.01. The summed E-state index contributed by atoms with van der Waals surface area (Å²) >= 11 is 6.27. The first-order chi connectivity index (χ1) is 16.4. The van der Waals surface area contributed by atoms with E-state index in [0.29, 0.717) is 0 Å². The summed E-state index contributed by atoms with van der Waals surface area (Å²) in [7, 11) is -6.27. The highest BCUT2D eigenvalue weighted by atomic mass is 35.5. The number of sulfonamides is 2. The standard InChI is InChI=1S/C23H24ClN3O6S2/c1-15(2)26-35(31,32)18-10-12-22(33-3)21(14-18)25-23(28)19-11-9-16(13-20(19)24)27-34(29,30)17-7-5-4-6-8-17/h4-15,26-27H,1-3H3,(H,25,28). The number of carbonyl (C=O) groups is 1. The largest absolute Gasteiger partial charge is 0.495 e. The van der Waals surface area contributed by atoms with E-state index in [4.69, 9.17) is 16.3 Å². The number of amides is 1. The van der Waals surface area contributed by atoms with Crippen LogP contribution in [-0.4, -0.2) is 35.9 Å². The molecule has 12 heteroatoms.